The lowest BCUT2D eigenvalue weighted by molar-refractivity contribution is 0.110. The van der Waals surface area contributed by atoms with Gasteiger partial charge in [0, 0.05) is 12.1 Å². The first-order valence-electron chi connectivity index (χ1n) is 8.49. The maximum atomic E-state index is 14.0. The lowest BCUT2D eigenvalue weighted by atomic mass is 9.96. The fourth-order valence-electron chi connectivity index (χ4n) is 3.20. The fraction of sp³-hybridized carbons (Fsp3) is 0.182. The van der Waals surface area contributed by atoms with Crippen molar-refractivity contribution in [2.45, 2.75) is 12.1 Å². The molecule has 0 radical (unpaired) electrons. The minimum absolute atomic E-state index is 0.182. The van der Waals surface area contributed by atoms with Crippen LogP contribution in [0.4, 0.5) is 8.78 Å². The van der Waals surface area contributed by atoms with Crippen LogP contribution < -0.4 is 0 Å². The molecular formula is C22H21F2NO. The van der Waals surface area contributed by atoms with Crippen LogP contribution in [0, 0.1) is 11.6 Å². The first kappa shape index (κ1) is 18.2. The van der Waals surface area contributed by atoms with E-state index < -0.39 is 11.9 Å². The number of halogens is 2. The predicted molar refractivity (Wildman–Crippen MR) is 98.7 cm³/mol. The zero-order chi connectivity index (χ0) is 18.5. The molecule has 0 aromatic heterocycles. The molecule has 0 aliphatic rings. The molecule has 2 nitrogen and oxygen atoms in total. The standard InChI is InChI=1S/C22H21F2NO/c1-25(15-21(26)19-9-5-6-10-20(19)24)22(16-7-3-2-4-8-16)17-11-13-18(23)14-12-17/h2-14,21-22,26H,15H2,1H3/t21-,22-/m1/s1. The molecule has 134 valence electrons. The van der Waals surface area contributed by atoms with E-state index in [1.54, 1.807) is 30.3 Å². The van der Waals surface area contributed by atoms with Gasteiger partial charge < -0.3 is 5.11 Å². The highest BCUT2D eigenvalue weighted by Gasteiger charge is 2.23. The van der Waals surface area contributed by atoms with Crippen molar-refractivity contribution in [1.29, 1.82) is 0 Å². The van der Waals surface area contributed by atoms with Crippen LogP contribution in [-0.4, -0.2) is 23.6 Å². The summed E-state index contributed by atoms with van der Waals surface area (Å²) >= 11 is 0. The highest BCUT2D eigenvalue weighted by Crippen LogP contribution is 2.29. The Hall–Kier alpha value is -2.56. The summed E-state index contributed by atoms with van der Waals surface area (Å²) in [6, 6.07) is 22.1. The van der Waals surface area contributed by atoms with Crippen LogP contribution in [0.3, 0.4) is 0 Å². The van der Waals surface area contributed by atoms with Gasteiger partial charge in [0.15, 0.2) is 0 Å². The minimum Gasteiger partial charge on any atom is -0.387 e. The Bertz CT molecular complexity index is 836. The third-order valence-corrected chi connectivity index (χ3v) is 4.47. The van der Waals surface area contributed by atoms with Crippen molar-refractivity contribution in [3.63, 3.8) is 0 Å². The van der Waals surface area contributed by atoms with Gasteiger partial charge in [0.05, 0.1) is 12.1 Å². The average Bonchev–Trinajstić information content (AvgIpc) is 2.65. The van der Waals surface area contributed by atoms with Crippen molar-refractivity contribution in [3.8, 4) is 0 Å². The number of aliphatic hydroxyl groups excluding tert-OH is 1. The van der Waals surface area contributed by atoms with Gasteiger partial charge in [0.1, 0.15) is 11.6 Å². The molecule has 0 saturated carbocycles. The number of aliphatic hydroxyl groups is 1. The molecule has 0 spiro atoms. The molecule has 26 heavy (non-hydrogen) atoms. The molecule has 0 aliphatic carbocycles. The van der Waals surface area contributed by atoms with E-state index in [4.69, 9.17) is 0 Å². The molecule has 0 bridgehead atoms. The molecule has 4 heteroatoms. The molecule has 3 aromatic carbocycles. The van der Waals surface area contributed by atoms with Crippen molar-refractivity contribution >= 4 is 0 Å². The van der Waals surface area contributed by atoms with Crippen molar-refractivity contribution in [2.75, 3.05) is 13.6 Å². The molecule has 1 N–H and O–H groups in total. The minimum atomic E-state index is -0.965. The molecule has 0 aliphatic heterocycles. The Morgan fingerprint density at radius 2 is 1.38 bits per heavy atom. The second kappa shape index (κ2) is 8.21. The van der Waals surface area contributed by atoms with Crippen LogP contribution in [0.2, 0.25) is 0 Å². The van der Waals surface area contributed by atoms with Gasteiger partial charge in [-0.1, -0.05) is 60.7 Å². The van der Waals surface area contributed by atoms with E-state index in [1.165, 1.54) is 18.2 Å². The first-order valence-corrected chi connectivity index (χ1v) is 8.49. The number of benzene rings is 3. The summed E-state index contributed by atoms with van der Waals surface area (Å²) in [6.07, 6.45) is -0.965. The van der Waals surface area contributed by atoms with E-state index in [2.05, 4.69) is 0 Å². The summed E-state index contributed by atoms with van der Waals surface area (Å²) in [4.78, 5) is 1.94. The van der Waals surface area contributed by atoms with Crippen LogP contribution in [-0.2, 0) is 0 Å². The summed E-state index contributed by atoms with van der Waals surface area (Å²) in [5.41, 5.74) is 2.19. The van der Waals surface area contributed by atoms with Gasteiger partial charge >= 0.3 is 0 Å². The Kier molecular flexibility index (Phi) is 5.76. The van der Waals surface area contributed by atoms with Gasteiger partial charge in [-0.25, -0.2) is 8.78 Å². The molecule has 3 rings (SSSR count). The first-order chi connectivity index (χ1) is 12.6. The maximum absolute atomic E-state index is 14.0. The third kappa shape index (κ3) is 4.15. The molecule has 3 aromatic rings. The van der Waals surface area contributed by atoms with Gasteiger partial charge in [-0.05, 0) is 36.4 Å². The Balaban J connectivity index is 1.89. The summed E-state index contributed by atoms with van der Waals surface area (Å²) in [6.45, 7) is 0.234. The summed E-state index contributed by atoms with van der Waals surface area (Å²) in [7, 11) is 1.87. The number of likely N-dealkylation sites (N-methyl/N-ethyl adjacent to an activating group) is 1. The van der Waals surface area contributed by atoms with Gasteiger partial charge in [-0.3, -0.25) is 4.90 Å². The molecule has 0 unspecified atom stereocenters. The zero-order valence-electron chi connectivity index (χ0n) is 14.5. The Labute approximate surface area is 152 Å². The van der Waals surface area contributed by atoms with Gasteiger partial charge in [0.2, 0.25) is 0 Å². The van der Waals surface area contributed by atoms with Gasteiger partial charge in [-0.15, -0.1) is 0 Å². The smallest absolute Gasteiger partial charge is 0.129 e. The molecular weight excluding hydrogens is 332 g/mol. The van der Waals surface area contributed by atoms with Crippen molar-refractivity contribution in [2.24, 2.45) is 0 Å². The van der Waals surface area contributed by atoms with E-state index in [0.29, 0.717) is 0 Å². The lowest BCUT2D eigenvalue weighted by Gasteiger charge is -2.31. The van der Waals surface area contributed by atoms with Crippen molar-refractivity contribution < 1.29 is 13.9 Å². The van der Waals surface area contributed by atoms with E-state index in [0.717, 1.165) is 11.1 Å². The van der Waals surface area contributed by atoms with E-state index in [1.807, 2.05) is 42.3 Å². The van der Waals surface area contributed by atoms with Crippen LogP contribution in [0.5, 0.6) is 0 Å². The second-order valence-corrected chi connectivity index (χ2v) is 6.34. The largest absolute Gasteiger partial charge is 0.387 e. The lowest BCUT2D eigenvalue weighted by Crippen LogP contribution is -2.30. The number of hydrogen-bond acceptors (Lipinski definition) is 2. The Morgan fingerprint density at radius 3 is 2.04 bits per heavy atom. The highest BCUT2D eigenvalue weighted by atomic mass is 19.1. The van der Waals surface area contributed by atoms with E-state index in [-0.39, 0.29) is 24.0 Å². The van der Waals surface area contributed by atoms with Gasteiger partial charge in [-0.2, -0.15) is 0 Å². The van der Waals surface area contributed by atoms with Crippen molar-refractivity contribution in [1.82, 2.24) is 4.90 Å². The predicted octanol–water partition coefficient (Wildman–Crippen LogP) is 4.72. The monoisotopic (exact) mass is 353 g/mol. The van der Waals surface area contributed by atoms with Crippen LogP contribution >= 0.6 is 0 Å². The molecule has 0 saturated heterocycles. The third-order valence-electron chi connectivity index (χ3n) is 4.47. The summed E-state index contributed by atoms with van der Waals surface area (Å²) in [5.74, 6) is -0.721. The van der Waals surface area contributed by atoms with Crippen LogP contribution in [0.15, 0.2) is 78.9 Å². The van der Waals surface area contributed by atoms with Crippen molar-refractivity contribution in [3.05, 3.63) is 107 Å². The molecule has 2 atom stereocenters. The van der Waals surface area contributed by atoms with Gasteiger partial charge in [0.25, 0.3) is 0 Å². The topological polar surface area (TPSA) is 23.5 Å². The number of rotatable bonds is 6. The fourth-order valence-corrected chi connectivity index (χ4v) is 3.20. The summed E-state index contributed by atoms with van der Waals surface area (Å²) in [5, 5.41) is 10.5. The van der Waals surface area contributed by atoms with Crippen LogP contribution in [0.1, 0.15) is 28.8 Å². The number of hydrogen-bond donors (Lipinski definition) is 1. The van der Waals surface area contributed by atoms with E-state index >= 15 is 0 Å². The molecule has 0 amide bonds. The second-order valence-electron chi connectivity index (χ2n) is 6.34. The molecule has 0 heterocycles. The zero-order valence-corrected chi connectivity index (χ0v) is 14.5. The van der Waals surface area contributed by atoms with E-state index in [9.17, 15) is 13.9 Å². The number of nitrogens with zero attached hydrogens (tertiary/aromatic N) is 1. The average molecular weight is 353 g/mol. The SMILES string of the molecule is CN(C[C@@H](O)c1ccccc1F)[C@H](c1ccccc1)c1ccc(F)cc1. The quantitative estimate of drug-likeness (QED) is 0.693. The maximum Gasteiger partial charge on any atom is 0.129 e. The highest BCUT2D eigenvalue weighted by molar-refractivity contribution is 5.32. The molecule has 0 fully saturated rings. The summed E-state index contributed by atoms with van der Waals surface area (Å²) < 4.78 is 27.3. The Morgan fingerprint density at radius 1 is 0.808 bits per heavy atom. The van der Waals surface area contributed by atoms with Crippen LogP contribution in [0.25, 0.3) is 0 Å². The normalized spacial score (nSPS) is 13.6.